The Morgan fingerprint density at radius 3 is 2.62 bits per heavy atom. The molecule has 0 aliphatic rings. The molecule has 0 saturated heterocycles. The highest BCUT2D eigenvalue weighted by molar-refractivity contribution is 7.99. The normalized spacial score (nSPS) is 10.8. The Kier molecular flexibility index (Phi) is 5.71. The highest BCUT2D eigenvalue weighted by Gasteiger charge is 2.03. The minimum absolute atomic E-state index is 0.953. The van der Waals surface area contributed by atoms with E-state index in [0.29, 0.717) is 0 Å². The van der Waals surface area contributed by atoms with Crippen molar-refractivity contribution < 1.29 is 4.74 Å². The van der Waals surface area contributed by atoms with Crippen molar-refractivity contribution in [2.75, 3.05) is 33.5 Å². The van der Waals surface area contributed by atoms with Gasteiger partial charge >= 0.3 is 0 Å². The lowest BCUT2D eigenvalue weighted by Crippen LogP contribution is -2.14. The molecule has 1 aromatic carbocycles. The maximum Gasteiger partial charge on any atom is 0.119 e. The van der Waals surface area contributed by atoms with Crippen LogP contribution in [-0.4, -0.2) is 38.4 Å². The van der Waals surface area contributed by atoms with Crippen LogP contribution in [0.5, 0.6) is 5.75 Å². The summed E-state index contributed by atoms with van der Waals surface area (Å²) in [4.78, 5) is 3.59. The third-order valence-corrected chi connectivity index (χ3v) is 3.54. The SMILES string of the molecule is CCc1cc(OC)ccc1SCCN(C)C. The van der Waals surface area contributed by atoms with Gasteiger partial charge in [-0.1, -0.05) is 6.92 Å². The average Bonchev–Trinajstić information content (AvgIpc) is 2.29. The minimum Gasteiger partial charge on any atom is -0.497 e. The molecule has 0 N–H and O–H groups in total. The van der Waals surface area contributed by atoms with Gasteiger partial charge in [0.05, 0.1) is 7.11 Å². The summed E-state index contributed by atoms with van der Waals surface area (Å²) in [5.74, 6) is 2.08. The molecule has 2 nitrogen and oxygen atoms in total. The molecule has 0 radical (unpaired) electrons. The van der Waals surface area contributed by atoms with Crippen molar-refractivity contribution in [2.24, 2.45) is 0 Å². The van der Waals surface area contributed by atoms with Crippen LogP contribution in [0.4, 0.5) is 0 Å². The fraction of sp³-hybridized carbons (Fsp3) is 0.538. The summed E-state index contributed by atoms with van der Waals surface area (Å²) in [6, 6.07) is 6.34. The lowest BCUT2D eigenvalue weighted by molar-refractivity contribution is 0.414. The molecule has 0 heterocycles. The molecule has 0 bridgehead atoms. The zero-order valence-corrected chi connectivity index (χ0v) is 11.4. The van der Waals surface area contributed by atoms with Crippen molar-refractivity contribution in [3.05, 3.63) is 23.8 Å². The Morgan fingerprint density at radius 1 is 1.31 bits per heavy atom. The number of hydrogen-bond donors (Lipinski definition) is 0. The lowest BCUT2D eigenvalue weighted by atomic mass is 10.1. The van der Waals surface area contributed by atoms with E-state index in [0.717, 1.165) is 24.5 Å². The fourth-order valence-electron chi connectivity index (χ4n) is 1.44. The topological polar surface area (TPSA) is 12.5 Å². The van der Waals surface area contributed by atoms with E-state index >= 15 is 0 Å². The van der Waals surface area contributed by atoms with Gasteiger partial charge in [-0.25, -0.2) is 0 Å². The summed E-state index contributed by atoms with van der Waals surface area (Å²) < 4.78 is 5.24. The summed E-state index contributed by atoms with van der Waals surface area (Å²) in [6.45, 7) is 3.30. The van der Waals surface area contributed by atoms with E-state index in [2.05, 4.69) is 38.1 Å². The Hall–Kier alpha value is -0.670. The molecule has 0 saturated carbocycles. The second-order valence-corrected chi connectivity index (χ2v) is 5.12. The molecule has 0 atom stereocenters. The number of methoxy groups -OCH3 is 1. The third-order valence-electron chi connectivity index (χ3n) is 2.44. The molecule has 0 aliphatic heterocycles. The highest BCUT2D eigenvalue weighted by Crippen LogP contribution is 2.26. The van der Waals surface area contributed by atoms with Crippen molar-refractivity contribution in [3.8, 4) is 5.75 Å². The predicted molar refractivity (Wildman–Crippen MR) is 71.7 cm³/mol. The van der Waals surface area contributed by atoms with Crippen molar-refractivity contribution in [2.45, 2.75) is 18.2 Å². The maximum absolute atomic E-state index is 5.24. The Labute approximate surface area is 103 Å². The van der Waals surface area contributed by atoms with Crippen molar-refractivity contribution in [3.63, 3.8) is 0 Å². The quantitative estimate of drug-likeness (QED) is 0.708. The van der Waals surface area contributed by atoms with Gasteiger partial charge < -0.3 is 9.64 Å². The number of thioether (sulfide) groups is 1. The van der Waals surface area contributed by atoms with Crippen LogP contribution in [-0.2, 0) is 6.42 Å². The van der Waals surface area contributed by atoms with Crippen LogP contribution < -0.4 is 4.74 Å². The average molecular weight is 239 g/mol. The van der Waals surface area contributed by atoms with E-state index in [9.17, 15) is 0 Å². The third kappa shape index (κ3) is 4.06. The number of hydrogen-bond acceptors (Lipinski definition) is 3. The molecule has 0 aliphatic carbocycles. The van der Waals surface area contributed by atoms with Crippen LogP contribution in [0.1, 0.15) is 12.5 Å². The number of aryl methyl sites for hydroxylation is 1. The van der Waals surface area contributed by atoms with E-state index < -0.39 is 0 Å². The summed E-state index contributed by atoms with van der Waals surface area (Å²) in [7, 11) is 5.93. The van der Waals surface area contributed by atoms with Gasteiger partial charge in [-0.05, 0) is 44.3 Å². The maximum atomic E-state index is 5.24. The van der Waals surface area contributed by atoms with Crippen LogP contribution in [0.25, 0.3) is 0 Å². The Bertz CT molecular complexity index is 326. The van der Waals surface area contributed by atoms with Gasteiger partial charge in [-0.3, -0.25) is 0 Å². The van der Waals surface area contributed by atoms with Crippen LogP contribution in [0.2, 0.25) is 0 Å². The molecule has 3 heteroatoms. The van der Waals surface area contributed by atoms with Gasteiger partial charge in [0.15, 0.2) is 0 Å². The van der Waals surface area contributed by atoms with Crippen molar-refractivity contribution in [1.82, 2.24) is 4.90 Å². The molecular weight excluding hydrogens is 218 g/mol. The first kappa shape index (κ1) is 13.4. The second kappa shape index (κ2) is 6.81. The minimum atomic E-state index is 0.953. The van der Waals surface area contributed by atoms with Crippen LogP contribution in [0.3, 0.4) is 0 Å². The van der Waals surface area contributed by atoms with Gasteiger partial charge in [0.2, 0.25) is 0 Å². The first-order valence-corrected chi connectivity index (χ1v) is 6.60. The summed E-state index contributed by atoms with van der Waals surface area (Å²) in [5, 5.41) is 0. The molecule has 0 spiro atoms. The first-order chi connectivity index (χ1) is 7.67. The molecular formula is C13H21NOS. The van der Waals surface area contributed by atoms with Crippen LogP contribution in [0, 0.1) is 0 Å². The fourth-order valence-corrected chi connectivity index (χ4v) is 2.67. The smallest absolute Gasteiger partial charge is 0.119 e. The molecule has 0 aromatic heterocycles. The highest BCUT2D eigenvalue weighted by atomic mass is 32.2. The largest absolute Gasteiger partial charge is 0.497 e. The molecule has 16 heavy (non-hydrogen) atoms. The van der Waals surface area contributed by atoms with Crippen molar-refractivity contribution >= 4 is 11.8 Å². The standard InChI is InChI=1S/C13H21NOS/c1-5-11-10-12(15-4)6-7-13(11)16-9-8-14(2)3/h6-7,10H,5,8-9H2,1-4H3. The van der Waals surface area contributed by atoms with Gasteiger partial charge in [0, 0.05) is 17.2 Å². The summed E-state index contributed by atoms with van der Waals surface area (Å²) in [5.41, 5.74) is 1.38. The molecule has 0 amide bonds. The van der Waals surface area contributed by atoms with E-state index in [1.54, 1.807) is 7.11 Å². The van der Waals surface area contributed by atoms with E-state index in [1.165, 1.54) is 10.5 Å². The summed E-state index contributed by atoms with van der Waals surface area (Å²) in [6.07, 6.45) is 1.06. The molecule has 1 rings (SSSR count). The molecule has 1 aromatic rings. The lowest BCUT2D eigenvalue weighted by Gasteiger charge is -2.12. The first-order valence-electron chi connectivity index (χ1n) is 5.61. The number of rotatable bonds is 6. The van der Waals surface area contributed by atoms with Crippen LogP contribution in [0.15, 0.2) is 23.1 Å². The number of nitrogens with zero attached hydrogens (tertiary/aromatic N) is 1. The Balaban J connectivity index is 2.64. The van der Waals surface area contributed by atoms with Gasteiger partial charge in [-0.2, -0.15) is 0 Å². The second-order valence-electron chi connectivity index (χ2n) is 3.98. The van der Waals surface area contributed by atoms with Crippen molar-refractivity contribution in [1.29, 1.82) is 0 Å². The van der Waals surface area contributed by atoms with E-state index in [1.807, 2.05) is 17.8 Å². The van der Waals surface area contributed by atoms with Crippen LogP contribution >= 0.6 is 11.8 Å². The van der Waals surface area contributed by atoms with Gasteiger partial charge in [0.1, 0.15) is 5.75 Å². The Morgan fingerprint density at radius 2 is 2.06 bits per heavy atom. The molecule has 0 unspecified atom stereocenters. The number of ether oxygens (including phenoxy) is 1. The molecule has 90 valence electrons. The summed E-state index contributed by atoms with van der Waals surface area (Å²) >= 11 is 1.92. The zero-order chi connectivity index (χ0) is 12.0. The van der Waals surface area contributed by atoms with Gasteiger partial charge in [0.25, 0.3) is 0 Å². The number of benzene rings is 1. The zero-order valence-electron chi connectivity index (χ0n) is 10.6. The molecule has 0 fully saturated rings. The van der Waals surface area contributed by atoms with E-state index in [4.69, 9.17) is 4.74 Å². The van der Waals surface area contributed by atoms with Gasteiger partial charge in [-0.15, -0.1) is 11.8 Å². The van der Waals surface area contributed by atoms with E-state index in [-0.39, 0.29) is 0 Å². The monoisotopic (exact) mass is 239 g/mol. The predicted octanol–water partition coefficient (Wildman–Crippen LogP) is 2.91.